The zero-order chi connectivity index (χ0) is 13.0. The van der Waals surface area contributed by atoms with Gasteiger partial charge in [-0.15, -0.1) is 0 Å². The van der Waals surface area contributed by atoms with Crippen LogP contribution >= 0.6 is 0 Å². The van der Waals surface area contributed by atoms with Crippen molar-refractivity contribution in [3.05, 3.63) is 23.9 Å². The molecule has 1 aromatic heterocycles. The summed E-state index contributed by atoms with van der Waals surface area (Å²) < 4.78 is 0. The first-order valence-electron chi connectivity index (χ1n) is 7.05. The van der Waals surface area contributed by atoms with Gasteiger partial charge in [0.2, 0.25) is 0 Å². The molecule has 0 amide bonds. The van der Waals surface area contributed by atoms with E-state index in [9.17, 15) is 0 Å². The maximum absolute atomic E-state index is 4.58. The Bertz CT molecular complexity index is 355. The highest BCUT2D eigenvalue weighted by atomic mass is 15.2. The molecule has 100 valence electrons. The fraction of sp³-hybridized carbons (Fsp3) is 0.667. The third kappa shape index (κ3) is 3.22. The molecule has 0 saturated heterocycles. The molecule has 0 bridgehead atoms. The predicted octanol–water partition coefficient (Wildman–Crippen LogP) is 2.99. The normalized spacial score (nSPS) is 17.9. The zero-order valence-electron chi connectivity index (χ0n) is 11.8. The van der Waals surface area contributed by atoms with E-state index in [0.717, 1.165) is 18.3 Å². The number of anilines is 1. The Balaban J connectivity index is 1.95. The Morgan fingerprint density at radius 3 is 2.67 bits per heavy atom. The van der Waals surface area contributed by atoms with Gasteiger partial charge < -0.3 is 10.2 Å². The van der Waals surface area contributed by atoms with Crippen molar-refractivity contribution in [1.82, 2.24) is 10.3 Å². The summed E-state index contributed by atoms with van der Waals surface area (Å²) in [6.45, 7) is 3.30. The van der Waals surface area contributed by atoms with Gasteiger partial charge in [0.25, 0.3) is 0 Å². The number of rotatable bonds is 5. The highest BCUT2D eigenvalue weighted by molar-refractivity contribution is 5.38. The van der Waals surface area contributed by atoms with E-state index in [2.05, 4.69) is 41.3 Å². The van der Waals surface area contributed by atoms with Crippen molar-refractivity contribution in [2.24, 2.45) is 5.92 Å². The van der Waals surface area contributed by atoms with Crippen molar-refractivity contribution in [3.63, 3.8) is 0 Å². The van der Waals surface area contributed by atoms with Crippen LogP contribution in [0, 0.1) is 5.92 Å². The van der Waals surface area contributed by atoms with Crippen LogP contribution in [0.2, 0.25) is 0 Å². The van der Waals surface area contributed by atoms with E-state index in [1.165, 1.54) is 31.2 Å². The van der Waals surface area contributed by atoms with Crippen molar-refractivity contribution >= 4 is 5.82 Å². The van der Waals surface area contributed by atoms with Gasteiger partial charge in [0, 0.05) is 25.8 Å². The van der Waals surface area contributed by atoms with Gasteiger partial charge in [-0.25, -0.2) is 4.98 Å². The summed E-state index contributed by atoms with van der Waals surface area (Å²) in [6, 6.07) is 4.68. The summed E-state index contributed by atoms with van der Waals surface area (Å²) in [4.78, 5) is 6.87. The summed E-state index contributed by atoms with van der Waals surface area (Å²) in [5.74, 6) is 1.96. The average Bonchev–Trinajstić information content (AvgIpc) is 2.91. The number of aromatic nitrogens is 1. The number of nitrogens with zero attached hydrogens (tertiary/aromatic N) is 2. The van der Waals surface area contributed by atoms with Crippen molar-refractivity contribution in [1.29, 1.82) is 0 Å². The van der Waals surface area contributed by atoms with Crippen LogP contribution in [-0.4, -0.2) is 25.6 Å². The Morgan fingerprint density at radius 2 is 2.11 bits per heavy atom. The first kappa shape index (κ1) is 13.3. The van der Waals surface area contributed by atoms with Gasteiger partial charge in [-0.1, -0.05) is 18.9 Å². The number of hydrogen-bond donors (Lipinski definition) is 1. The van der Waals surface area contributed by atoms with Gasteiger partial charge >= 0.3 is 0 Å². The van der Waals surface area contributed by atoms with Gasteiger partial charge in [-0.3, -0.25) is 0 Å². The SMILES string of the molecule is CNC(C)c1ccc(N(C)CC2CCCC2)nc1. The van der Waals surface area contributed by atoms with E-state index in [-0.39, 0.29) is 0 Å². The van der Waals surface area contributed by atoms with E-state index in [4.69, 9.17) is 0 Å². The Morgan fingerprint density at radius 1 is 1.39 bits per heavy atom. The molecule has 3 heteroatoms. The summed E-state index contributed by atoms with van der Waals surface area (Å²) in [5, 5.41) is 3.24. The molecule has 1 saturated carbocycles. The molecule has 3 nitrogen and oxygen atoms in total. The second kappa shape index (κ2) is 6.19. The lowest BCUT2D eigenvalue weighted by molar-refractivity contribution is 0.545. The fourth-order valence-electron chi connectivity index (χ4n) is 2.72. The molecular formula is C15H25N3. The van der Waals surface area contributed by atoms with E-state index in [1.807, 2.05) is 13.2 Å². The molecule has 1 aliphatic carbocycles. The minimum absolute atomic E-state index is 0.367. The summed E-state index contributed by atoms with van der Waals surface area (Å²) in [5.41, 5.74) is 1.25. The largest absolute Gasteiger partial charge is 0.359 e. The fourth-order valence-corrected chi connectivity index (χ4v) is 2.72. The van der Waals surface area contributed by atoms with Gasteiger partial charge in [-0.2, -0.15) is 0 Å². The first-order valence-corrected chi connectivity index (χ1v) is 7.05. The molecule has 1 aromatic rings. The summed E-state index contributed by atoms with van der Waals surface area (Å²) in [7, 11) is 4.13. The second-order valence-corrected chi connectivity index (χ2v) is 5.49. The van der Waals surface area contributed by atoms with Crippen molar-refractivity contribution in [3.8, 4) is 0 Å². The summed E-state index contributed by atoms with van der Waals surface area (Å²) in [6.07, 6.45) is 7.58. The lowest BCUT2D eigenvalue weighted by Gasteiger charge is -2.22. The highest BCUT2D eigenvalue weighted by Crippen LogP contribution is 2.26. The van der Waals surface area contributed by atoms with Crippen LogP contribution in [0.4, 0.5) is 5.82 Å². The molecule has 1 heterocycles. The lowest BCUT2D eigenvalue weighted by atomic mass is 10.1. The number of pyridine rings is 1. The third-order valence-corrected chi connectivity index (χ3v) is 4.10. The van der Waals surface area contributed by atoms with Crippen molar-refractivity contribution < 1.29 is 0 Å². The molecule has 2 rings (SSSR count). The van der Waals surface area contributed by atoms with Crippen LogP contribution < -0.4 is 10.2 Å². The average molecular weight is 247 g/mol. The number of nitrogens with one attached hydrogen (secondary N) is 1. The smallest absolute Gasteiger partial charge is 0.128 e. The second-order valence-electron chi connectivity index (χ2n) is 5.49. The van der Waals surface area contributed by atoms with Crippen LogP contribution in [0.3, 0.4) is 0 Å². The standard InChI is InChI=1S/C15H25N3/c1-12(16-2)14-8-9-15(17-10-14)18(3)11-13-6-4-5-7-13/h8-10,12-13,16H,4-7,11H2,1-3H3. The van der Waals surface area contributed by atoms with Crippen LogP contribution in [0.25, 0.3) is 0 Å². The quantitative estimate of drug-likeness (QED) is 0.867. The first-order chi connectivity index (χ1) is 8.70. The molecule has 1 unspecified atom stereocenters. The van der Waals surface area contributed by atoms with Crippen LogP contribution in [0.15, 0.2) is 18.3 Å². The molecule has 18 heavy (non-hydrogen) atoms. The molecule has 1 N–H and O–H groups in total. The molecule has 0 spiro atoms. The third-order valence-electron chi connectivity index (χ3n) is 4.10. The monoisotopic (exact) mass is 247 g/mol. The Kier molecular flexibility index (Phi) is 4.59. The van der Waals surface area contributed by atoms with Crippen LogP contribution in [0.1, 0.15) is 44.2 Å². The zero-order valence-corrected chi connectivity index (χ0v) is 11.8. The van der Waals surface area contributed by atoms with E-state index in [1.54, 1.807) is 0 Å². The molecule has 1 fully saturated rings. The number of hydrogen-bond acceptors (Lipinski definition) is 3. The maximum atomic E-state index is 4.58. The minimum Gasteiger partial charge on any atom is -0.359 e. The van der Waals surface area contributed by atoms with E-state index < -0.39 is 0 Å². The molecule has 1 atom stereocenters. The van der Waals surface area contributed by atoms with Gasteiger partial charge in [0.05, 0.1) is 0 Å². The molecular weight excluding hydrogens is 222 g/mol. The highest BCUT2D eigenvalue weighted by Gasteiger charge is 2.17. The summed E-state index contributed by atoms with van der Waals surface area (Å²) >= 11 is 0. The van der Waals surface area contributed by atoms with Crippen LogP contribution in [-0.2, 0) is 0 Å². The Hall–Kier alpha value is -1.09. The molecule has 0 aromatic carbocycles. The Labute approximate surface area is 111 Å². The van der Waals surface area contributed by atoms with Gasteiger partial charge in [0.15, 0.2) is 0 Å². The van der Waals surface area contributed by atoms with Gasteiger partial charge in [0.1, 0.15) is 5.82 Å². The lowest BCUT2D eigenvalue weighted by Crippen LogP contribution is -2.25. The predicted molar refractivity (Wildman–Crippen MR) is 76.9 cm³/mol. The van der Waals surface area contributed by atoms with Gasteiger partial charge in [-0.05, 0) is 44.4 Å². The molecule has 0 aliphatic heterocycles. The topological polar surface area (TPSA) is 28.2 Å². The van der Waals surface area contributed by atoms with E-state index in [0.29, 0.717) is 6.04 Å². The van der Waals surface area contributed by atoms with Crippen LogP contribution in [0.5, 0.6) is 0 Å². The van der Waals surface area contributed by atoms with E-state index >= 15 is 0 Å². The molecule has 1 aliphatic rings. The van der Waals surface area contributed by atoms with Crippen molar-refractivity contribution in [2.45, 2.75) is 38.6 Å². The molecule has 0 radical (unpaired) electrons. The maximum Gasteiger partial charge on any atom is 0.128 e. The minimum atomic E-state index is 0.367. The van der Waals surface area contributed by atoms with Crippen molar-refractivity contribution in [2.75, 3.05) is 25.5 Å².